The van der Waals surface area contributed by atoms with Crippen molar-refractivity contribution in [3.63, 3.8) is 0 Å². The van der Waals surface area contributed by atoms with Gasteiger partial charge in [0.2, 0.25) is 5.91 Å². The Balaban J connectivity index is 1.19. The average Bonchev–Trinajstić information content (AvgIpc) is 2.89. The normalized spacial score (nSPS) is 18.9. The van der Waals surface area contributed by atoms with Gasteiger partial charge in [0.1, 0.15) is 0 Å². The fraction of sp³-hybridized carbons (Fsp3) is 0.346. The van der Waals surface area contributed by atoms with Gasteiger partial charge in [0.25, 0.3) is 0 Å². The smallest absolute Gasteiger partial charge is 0.227 e. The molecule has 0 N–H and O–H groups in total. The molecular formula is C26H28ClN5O. The van der Waals surface area contributed by atoms with E-state index in [1.807, 2.05) is 71.6 Å². The number of piperazine rings is 1. The molecule has 6 nitrogen and oxygen atoms in total. The maximum Gasteiger partial charge on any atom is 0.227 e. The predicted molar refractivity (Wildman–Crippen MR) is 133 cm³/mol. The Morgan fingerprint density at radius 3 is 2.30 bits per heavy atom. The zero-order valence-corrected chi connectivity index (χ0v) is 19.4. The van der Waals surface area contributed by atoms with E-state index in [9.17, 15) is 4.79 Å². The molecule has 1 amide bonds. The van der Waals surface area contributed by atoms with E-state index in [1.165, 1.54) is 0 Å². The number of nitrogens with zero attached hydrogens (tertiary/aromatic N) is 5. The van der Waals surface area contributed by atoms with Crippen LogP contribution in [0.2, 0.25) is 5.02 Å². The number of hydrogen-bond donors (Lipinski definition) is 0. The standard InChI is InChI=1S/C26H28ClN5O/c27-22-10-4-5-11-24(22)30-15-17-31(18-16-30)26(33)21-9-6-14-32(19-21)25-13-12-23(28-29-25)20-7-2-1-3-8-20/h1-5,7-8,10-13,21H,6,9,14-19H2. The van der Waals surface area contributed by atoms with Gasteiger partial charge in [-0.05, 0) is 37.1 Å². The molecule has 0 radical (unpaired) electrons. The molecule has 1 aromatic heterocycles. The van der Waals surface area contributed by atoms with Crippen molar-refractivity contribution in [3.05, 3.63) is 71.8 Å². The van der Waals surface area contributed by atoms with Gasteiger partial charge in [-0.15, -0.1) is 10.2 Å². The summed E-state index contributed by atoms with van der Waals surface area (Å²) in [6, 6.07) is 22.0. The number of para-hydroxylation sites is 1. The second-order valence-electron chi connectivity index (χ2n) is 8.69. The Bertz CT molecular complexity index is 1080. The monoisotopic (exact) mass is 461 g/mol. The number of amides is 1. The molecule has 1 atom stereocenters. The summed E-state index contributed by atoms with van der Waals surface area (Å²) in [6.45, 7) is 4.67. The quantitative estimate of drug-likeness (QED) is 0.577. The fourth-order valence-electron chi connectivity index (χ4n) is 4.78. The van der Waals surface area contributed by atoms with Gasteiger partial charge in [0, 0.05) is 44.8 Å². The molecule has 33 heavy (non-hydrogen) atoms. The lowest BCUT2D eigenvalue weighted by Gasteiger charge is -2.40. The summed E-state index contributed by atoms with van der Waals surface area (Å²) in [5.74, 6) is 1.10. The highest BCUT2D eigenvalue weighted by Gasteiger charge is 2.32. The van der Waals surface area contributed by atoms with E-state index in [1.54, 1.807) is 0 Å². The van der Waals surface area contributed by atoms with Crippen molar-refractivity contribution in [2.75, 3.05) is 49.1 Å². The highest BCUT2D eigenvalue weighted by molar-refractivity contribution is 6.33. The highest BCUT2D eigenvalue weighted by atomic mass is 35.5. The maximum absolute atomic E-state index is 13.3. The van der Waals surface area contributed by atoms with Crippen LogP contribution in [-0.4, -0.2) is 60.3 Å². The number of piperidine rings is 1. The largest absolute Gasteiger partial charge is 0.367 e. The van der Waals surface area contributed by atoms with Crippen LogP contribution < -0.4 is 9.80 Å². The Labute approximate surface area is 199 Å². The summed E-state index contributed by atoms with van der Waals surface area (Å²) in [6.07, 6.45) is 1.91. The van der Waals surface area contributed by atoms with Crippen molar-refractivity contribution < 1.29 is 4.79 Å². The van der Waals surface area contributed by atoms with Crippen molar-refractivity contribution in [3.8, 4) is 11.3 Å². The number of carbonyl (C=O) groups is 1. The number of aromatic nitrogens is 2. The third-order valence-electron chi connectivity index (χ3n) is 6.60. The van der Waals surface area contributed by atoms with E-state index in [0.717, 1.165) is 73.4 Å². The number of halogens is 1. The van der Waals surface area contributed by atoms with Crippen molar-refractivity contribution in [2.45, 2.75) is 12.8 Å². The van der Waals surface area contributed by atoms with Crippen LogP contribution in [0.4, 0.5) is 11.5 Å². The van der Waals surface area contributed by atoms with Crippen LogP contribution in [0, 0.1) is 5.92 Å². The summed E-state index contributed by atoms with van der Waals surface area (Å²) in [5, 5.41) is 9.66. The second-order valence-corrected chi connectivity index (χ2v) is 9.10. The van der Waals surface area contributed by atoms with Gasteiger partial charge in [-0.1, -0.05) is 54.1 Å². The fourth-order valence-corrected chi connectivity index (χ4v) is 5.03. The number of rotatable bonds is 4. The van der Waals surface area contributed by atoms with E-state index in [2.05, 4.69) is 20.0 Å². The molecule has 0 spiro atoms. The average molecular weight is 462 g/mol. The number of hydrogen-bond acceptors (Lipinski definition) is 5. The Kier molecular flexibility index (Phi) is 6.44. The number of anilines is 2. The molecular weight excluding hydrogens is 434 g/mol. The van der Waals surface area contributed by atoms with Crippen LogP contribution in [0.1, 0.15) is 12.8 Å². The van der Waals surface area contributed by atoms with E-state index in [0.29, 0.717) is 6.54 Å². The predicted octanol–water partition coefficient (Wildman–Crippen LogP) is 4.36. The first-order valence-corrected chi connectivity index (χ1v) is 12.0. The summed E-state index contributed by atoms with van der Waals surface area (Å²) in [4.78, 5) is 19.8. The van der Waals surface area contributed by atoms with Crippen LogP contribution in [0.5, 0.6) is 0 Å². The third kappa shape index (κ3) is 4.81. The molecule has 0 bridgehead atoms. The first-order valence-electron chi connectivity index (χ1n) is 11.6. The minimum atomic E-state index is 0.00112. The molecule has 3 heterocycles. The molecule has 5 rings (SSSR count). The minimum absolute atomic E-state index is 0.00112. The maximum atomic E-state index is 13.3. The molecule has 7 heteroatoms. The van der Waals surface area contributed by atoms with E-state index in [-0.39, 0.29) is 11.8 Å². The van der Waals surface area contributed by atoms with Crippen molar-refractivity contribution in [1.82, 2.24) is 15.1 Å². The first-order chi connectivity index (χ1) is 16.2. The van der Waals surface area contributed by atoms with E-state index >= 15 is 0 Å². The van der Waals surface area contributed by atoms with Gasteiger partial charge in [-0.25, -0.2) is 0 Å². The topological polar surface area (TPSA) is 52.6 Å². The first kappa shape index (κ1) is 21.7. The molecule has 3 aromatic rings. The third-order valence-corrected chi connectivity index (χ3v) is 6.92. The van der Waals surface area contributed by atoms with Crippen LogP contribution in [0.3, 0.4) is 0 Å². The summed E-state index contributed by atoms with van der Waals surface area (Å²) in [7, 11) is 0. The van der Waals surface area contributed by atoms with Crippen molar-refractivity contribution in [1.29, 1.82) is 0 Å². The van der Waals surface area contributed by atoms with Gasteiger partial charge >= 0.3 is 0 Å². The SMILES string of the molecule is O=C(C1CCCN(c2ccc(-c3ccccc3)nn2)C1)N1CCN(c2ccccc2Cl)CC1. The Morgan fingerprint density at radius 1 is 0.818 bits per heavy atom. The molecule has 2 aliphatic rings. The van der Waals surface area contributed by atoms with Crippen LogP contribution in [0.15, 0.2) is 66.7 Å². The lowest BCUT2D eigenvalue weighted by atomic mass is 9.96. The van der Waals surface area contributed by atoms with Crippen LogP contribution in [-0.2, 0) is 4.79 Å². The second kappa shape index (κ2) is 9.79. The molecule has 2 aromatic carbocycles. The number of benzene rings is 2. The lowest BCUT2D eigenvalue weighted by Crippen LogP contribution is -2.52. The lowest BCUT2D eigenvalue weighted by molar-refractivity contribution is -0.136. The van der Waals surface area contributed by atoms with Gasteiger partial charge in [0.15, 0.2) is 5.82 Å². The molecule has 2 aliphatic heterocycles. The zero-order valence-electron chi connectivity index (χ0n) is 18.6. The Hall–Kier alpha value is -3.12. The minimum Gasteiger partial charge on any atom is -0.367 e. The molecule has 0 aliphatic carbocycles. The van der Waals surface area contributed by atoms with E-state index in [4.69, 9.17) is 11.6 Å². The molecule has 170 valence electrons. The van der Waals surface area contributed by atoms with Gasteiger partial charge < -0.3 is 14.7 Å². The number of carbonyl (C=O) groups excluding carboxylic acids is 1. The molecule has 0 saturated carbocycles. The van der Waals surface area contributed by atoms with Gasteiger partial charge in [0.05, 0.1) is 22.3 Å². The summed E-state index contributed by atoms with van der Waals surface area (Å²) < 4.78 is 0. The molecule has 1 unspecified atom stereocenters. The molecule has 2 saturated heterocycles. The zero-order chi connectivity index (χ0) is 22.6. The summed E-state index contributed by atoms with van der Waals surface area (Å²) >= 11 is 6.36. The van der Waals surface area contributed by atoms with Crippen LogP contribution in [0.25, 0.3) is 11.3 Å². The van der Waals surface area contributed by atoms with Crippen LogP contribution >= 0.6 is 11.6 Å². The van der Waals surface area contributed by atoms with Crippen molar-refractivity contribution >= 4 is 29.0 Å². The van der Waals surface area contributed by atoms with Gasteiger partial charge in [-0.3, -0.25) is 4.79 Å². The van der Waals surface area contributed by atoms with Gasteiger partial charge in [-0.2, -0.15) is 0 Å². The van der Waals surface area contributed by atoms with Crippen molar-refractivity contribution in [2.24, 2.45) is 5.92 Å². The Morgan fingerprint density at radius 2 is 1.58 bits per heavy atom. The molecule has 2 fully saturated rings. The summed E-state index contributed by atoms with van der Waals surface area (Å²) in [5.41, 5.74) is 2.96. The van der Waals surface area contributed by atoms with E-state index < -0.39 is 0 Å². The highest BCUT2D eigenvalue weighted by Crippen LogP contribution is 2.28.